The van der Waals surface area contributed by atoms with Crippen LogP contribution in [0.15, 0.2) is 85.2 Å². The van der Waals surface area contributed by atoms with Crippen molar-refractivity contribution >= 4 is 17.6 Å². The molecule has 0 saturated heterocycles. The summed E-state index contributed by atoms with van der Waals surface area (Å²) in [4.78, 5) is 43.2. The summed E-state index contributed by atoms with van der Waals surface area (Å²) < 4.78 is 1.47. The van der Waals surface area contributed by atoms with E-state index in [2.05, 4.69) is 15.4 Å². The number of ketones is 1. The first kappa shape index (κ1) is 24.5. The molecule has 0 bridgehead atoms. The number of hydrogen-bond acceptors (Lipinski definition) is 5. The maximum atomic E-state index is 13.4. The number of carbonyl (C=O) groups excluding carboxylic acids is 3. The Balaban J connectivity index is 1.80. The van der Waals surface area contributed by atoms with E-state index in [-0.39, 0.29) is 17.8 Å². The van der Waals surface area contributed by atoms with Gasteiger partial charge < -0.3 is 11.1 Å². The van der Waals surface area contributed by atoms with Crippen molar-refractivity contribution in [1.29, 1.82) is 0 Å². The average molecular weight is 482 g/mol. The molecule has 182 valence electrons. The third-order valence-corrected chi connectivity index (χ3v) is 5.82. The number of nitrogens with one attached hydrogen (secondary N) is 1. The Bertz CT molecular complexity index is 1370. The van der Waals surface area contributed by atoms with E-state index >= 15 is 0 Å². The van der Waals surface area contributed by atoms with Gasteiger partial charge in [-0.05, 0) is 36.1 Å². The van der Waals surface area contributed by atoms with E-state index in [9.17, 15) is 14.4 Å². The van der Waals surface area contributed by atoms with E-state index in [4.69, 9.17) is 5.73 Å². The normalized spacial score (nSPS) is 11.6. The van der Waals surface area contributed by atoms with Crippen molar-refractivity contribution < 1.29 is 14.4 Å². The second-order valence-corrected chi connectivity index (χ2v) is 8.34. The van der Waals surface area contributed by atoms with Crippen LogP contribution in [0.2, 0.25) is 0 Å². The number of aromatic nitrogens is 3. The van der Waals surface area contributed by atoms with E-state index in [1.54, 1.807) is 18.3 Å². The molecule has 2 aromatic heterocycles. The Hall–Kier alpha value is -4.59. The monoisotopic (exact) mass is 481 g/mol. The molecular weight excluding hydrogens is 454 g/mol. The molecule has 0 radical (unpaired) electrons. The van der Waals surface area contributed by atoms with Gasteiger partial charge in [-0.1, -0.05) is 67.6 Å². The minimum atomic E-state index is -0.933. The van der Waals surface area contributed by atoms with Gasteiger partial charge >= 0.3 is 0 Å². The van der Waals surface area contributed by atoms with Crippen molar-refractivity contribution in [2.75, 3.05) is 6.54 Å². The molecule has 36 heavy (non-hydrogen) atoms. The second-order valence-electron chi connectivity index (χ2n) is 8.34. The van der Waals surface area contributed by atoms with Crippen LogP contribution in [0, 0.1) is 0 Å². The summed E-state index contributed by atoms with van der Waals surface area (Å²) in [5, 5.41) is 7.23. The zero-order valence-electron chi connectivity index (χ0n) is 19.9. The van der Waals surface area contributed by atoms with Crippen molar-refractivity contribution in [3.63, 3.8) is 0 Å². The van der Waals surface area contributed by atoms with Gasteiger partial charge in [0, 0.05) is 24.5 Å². The molecule has 0 aliphatic heterocycles. The van der Waals surface area contributed by atoms with E-state index in [1.165, 1.54) is 10.9 Å². The molecule has 0 spiro atoms. The zero-order chi connectivity index (χ0) is 25.5. The molecule has 0 aliphatic carbocycles. The van der Waals surface area contributed by atoms with Crippen molar-refractivity contribution in [1.82, 2.24) is 20.1 Å². The SMILES string of the molecule is CCCNC(=O)C(=O)C(Cc1ccccc1)c1ccnc(-n2ccc(-c3ccccc3)n2)c1C(N)=O. The number of pyridine rings is 1. The largest absolute Gasteiger partial charge is 0.365 e. The highest BCUT2D eigenvalue weighted by atomic mass is 16.2. The lowest BCUT2D eigenvalue weighted by atomic mass is 9.85. The molecule has 1 unspecified atom stereocenters. The highest BCUT2D eigenvalue weighted by Crippen LogP contribution is 2.29. The van der Waals surface area contributed by atoms with Gasteiger partial charge in [-0.3, -0.25) is 14.4 Å². The van der Waals surface area contributed by atoms with Gasteiger partial charge in [0.05, 0.1) is 17.2 Å². The predicted molar refractivity (Wildman–Crippen MR) is 137 cm³/mol. The average Bonchev–Trinajstić information content (AvgIpc) is 3.41. The highest BCUT2D eigenvalue weighted by Gasteiger charge is 2.32. The lowest BCUT2D eigenvalue weighted by Crippen LogP contribution is -2.36. The summed E-state index contributed by atoms with van der Waals surface area (Å²) in [6.07, 6.45) is 4.09. The third kappa shape index (κ3) is 5.38. The van der Waals surface area contributed by atoms with Crippen LogP contribution in [0.3, 0.4) is 0 Å². The van der Waals surface area contributed by atoms with Gasteiger partial charge in [-0.25, -0.2) is 9.67 Å². The first-order valence-corrected chi connectivity index (χ1v) is 11.8. The molecule has 4 aromatic rings. The lowest BCUT2D eigenvalue weighted by Gasteiger charge is -2.20. The van der Waals surface area contributed by atoms with Crippen LogP contribution in [0.5, 0.6) is 0 Å². The predicted octanol–water partition coefficient (Wildman–Crippen LogP) is 3.45. The van der Waals surface area contributed by atoms with Crippen LogP contribution >= 0.6 is 0 Å². The number of primary amides is 1. The molecule has 2 heterocycles. The quantitative estimate of drug-likeness (QED) is 0.336. The first-order valence-electron chi connectivity index (χ1n) is 11.8. The minimum Gasteiger partial charge on any atom is -0.365 e. The summed E-state index contributed by atoms with van der Waals surface area (Å²) in [6, 6.07) is 22.3. The third-order valence-electron chi connectivity index (χ3n) is 5.82. The highest BCUT2D eigenvalue weighted by molar-refractivity contribution is 6.38. The Morgan fingerprint density at radius 3 is 2.33 bits per heavy atom. The van der Waals surface area contributed by atoms with Crippen LogP contribution in [0.1, 0.15) is 40.7 Å². The van der Waals surface area contributed by atoms with Crippen LogP contribution in [-0.4, -0.2) is 38.9 Å². The van der Waals surface area contributed by atoms with Crippen LogP contribution < -0.4 is 11.1 Å². The molecule has 0 saturated carbocycles. The van der Waals surface area contributed by atoms with Gasteiger partial charge in [0.1, 0.15) is 0 Å². The minimum absolute atomic E-state index is 0.0535. The topological polar surface area (TPSA) is 120 Å². The number of carbonyl (C=O) groups is 3. The van der Waals surface area contributed by atoms with E-state index in [1.807, 2.05) is 67.6 Å². The molecule has 0 aliphatic rings. The Morgan fingerprint density at radius 1 is 0.972 bits per heavy atom. The van der Waals surface area contributed by atoms with Crippen LogP contribution in [0.25, 0.3) is 17.1 Å². The fraction of sp³-hybridized carbons (Fsp3) is 0.179. The lowest BCUT2D eigenvalue weighted by molar-refractivity contribution is -0.138. The van der Waals surface area contributed by atoms with Crippen molar-refractivity contribution in [3.8, 4) is 17.1 Å². The fourth-order valence-corrected chi connectivity index (χ4v) is 4.06. The Morgan fingerprint density at radius 2 is 1.67 bits per heavy atom. The number of nitrogens with two attached hydrogens (primary N) is 1. The van der Waals surface area contributed by atoms with Crippen LogP contribution in [-0.2, 0) is 16.0 Å². The number of amides is 2. The molecule has 4 rings (SSSR count). The molecule has 2 amide bonds. The van der Waals surface area contributed by atoms with Gasteiger partial charge in [0.25, 0.3) is 11.8 Å². The number of nitrogens with zero attached hydrogens (tertiary/aromatic N) is 3. The smallest absolute Gasteiger partial charge is 0.288 e. The van der Waals surface area contributed by atoms with Gasteiger partial charge in [0.15, 0.2) is 5.82 Å². The second kappa shape index (κ2) is 11.2. The van der Waals surface area contributed by atoms with Crippen molar-refractivity contribution in [2.45, 2.75) is 25.7 Å². The van der Waals surface area contributed by atoms with Crippen LogP contribution in [0.4, 0.5) is 0 Å². The van der Waals surface area contributed by atoms with Crippen molar-refractivity contribution in [3.05, 3.63) is 102 Å². The summed E-state index contributed by atoms with van der Waals surface area (Å²) in [5.41, 5.74) is 8.65. The number of rotatable bonds is 10. The fourth-order valence-electron chi connectivity index (χ4n) is 4.06. The van der Waals surface area contributed by atoms with Gasteiger partial charge in [-0.2, -0.15) is 5.10 Å². The maximum Gasteiger partial charge on any atom is 0.288 e. The van der Waals surface area contributed by atoms with E-state index in [0.717, 1.165) is 11.1 Å². The maximum absolute atomic E-state index is 13.4. The molecule has 3 N–H and O–H groups in total. The molecular formula is C28H27N5O3. The summed E-state index contributed by atoms with van der Waals surface area (Å²) >= 11 is 0. The zero-order valence-corrected chi connectivity index (χ0v) is 19.9. The van der Waals surface area contributed by atoms with E-state index in [0.29, 0.717) is 24.2 Å². The van der Waals surface area contributed by atoms with Crippen molar-refractivity contribution in [2.24, 2.45) is 5.73 Å². The first-order chi connectivity index (χ1) is 17.5. The van der Waals surface area contributed by atoms with E-state index < -0.39 is 23.5 Å². The Labute approximate surface area is 209 Å². The Kier molecular flexibility index (Phi) is 7.65. The van der Waals surface area contributed by atoms with Gasteiger partial charge in [0.2, 0.25) is 5.78 Å². The summed E-state index contributed by atoms with van der Waals surface area (Å²) in [7, 11) is 0. The standard InChI is InChI=1S/C28H27N5O3/c1-2-15-31-28(36)25(34)22(18-19-9-5-3-6-10-19)21-13-16-30-27(24(21)26(29)35)33-17-14-23(32-33)20-11-7-4-8-12-20/h3-14,16-17,22H,2,15,18H2,1H3,(H2,29,35)(H,31,36). The summed E-state index contributed by atoms with van der Waals surface area (Å²) in [5.74, 6) is -2.83. The molecule has 2 aromatic carbocycles. The number of hydrogen-bond donors (Lipinski definition) is 2. The summed E-state index contributed by atoms with van der Waals surface area (Å²) in [6.45, 7) is 2.28. The molecule has 1 atom stereocenters. The number of Topliss-reactive ketones (excluding diaryl/α,β-unsaturated/α-hetero) is 1. The molecule has 8 nitrogen and oxygen atoms in total. The molecule has 8 heteroatoms. The molecule has 0 fully saturated rings. The number of benzene rings is 2. The van der Waals surface area contributed by atoms with Gasteiger partial charge in [-0.15, -0.1) is 0 Å².